The predicted octanol–water partition coefficient (Wildman–Crippen LogP) is 5.03. The molecule has 0 unspecified atom stereocenters. The van der Waals surface area contributed by atoms with Crippen LogP contribution in [0.2, 0.25) is 0 Å². The van der Waals surface area contributed by atoms with E-state index in [0.29, 0.717) is 17.1 Å². The number of nitrogens with zero attached hydrogens (tertiary/aromatic N) is 1. The van der Waals surface area contributed by atoms with E-state index in [1.165, 1.54) is 12.1 Å². The average Bonchev–Trinajstić information content (AvgIpc) is 3.15. The van der Waals surface area contributed by atoms with Crippen LogP contribution in [0, 0.1) is 5.82 Å². The zero-order valence-corrected chi connectivity index (χ0v) is 15.3. The summed E-state index contributed by atoms with van der Waals surface area (Å²) in [4.78, 5) is 17.1. The van der Waals surface area contributed by atoms with Crippen molar-refractivity contribution in [1.29, 1.82) is 0 Å². The van der Waals surface area contributed by atoms with Crippen molar-refractivity contribution in [1.82, 2.24) is 4.98 Å². The first-order valence-corrected chi connectivity index (χ1v) is 8.99. The number of anilines is 1. The van der Waals surface area contributed by atoms with Crippen molar-refractivity contribution in [3.8, 4) is 28.5 Å². The number of hydrogen-bond acceptors (Lipinski definition) is 4. The molecule has 3 aromatic carbocycles. The molecule has 0 saturated carbocycles. The molecule has 0 aliphatic rings. The van der Waals surface area contributed by atoms with E-state index in [1.807, 2.05) is 60.7 Å². The highest BCUT2D eigenvalue weighted by Gasteiger charge is 2.19. The van der Waals surface area contributed by atoms with Gasteiger partial charge in [-0.05, 0) is 18.2 Å². The van der Waals surface area contributed by atoms with Gasteiger partial charge in [0.25, 0.3) is 0 Å². The van der Waals surface area contributed by atoms with Gasteiger partial charge in [0.2, 0.25) is 17.7 Å². The van der Waals surface area contributed by atoms with E-state index in [4.69, 9.17) is 4.42 Å². The molecule has 2 N–H and O–H groups in total. The molecule has 4 aromatic rings. The molecule has 0 radical (unpaired) electrons. The second-order valence-corrected chi connectivity index (χ2v) is 6.43. The molecule has 0 fully saturated rings. The van der Waals surface area contributed by atoms with Crippen LogP contribution in [0.15, 0.2) is 83.3 Å². The smallest absolute Gasteiger partial charge is 0.231 e. The number of phenolic OH excluding ortho intramolecular Hbond substituents is 1. The second kappa shape index (κ2) is 7.98. The summed E-state index contributed by atoms with van der Waals surface area (Å²) < 4.78 is 19.0. The van der Waals surface area contributed by atoms with Crippen LogP contribution in [-0.2, 0) is 11.2 Å². The van der Waals surface area contributed by atoms with Crippen molar-refractivity contribution < 1.29 is 18.7 Å². The molecule has 4 rings (SSSR count). The standard InChI is InChI=1S/C23H17FN2O3/c24-18-12-11-17(19(27)14-18)13-20(28)25-23-21(15-7-3-1-4-8-15)26-22(29-23)16-9-5-2-6-10-16/h1-12,14,27H,13H2,(H,25,28). The summed E-state index contributed by atoms with van der Waals surface area (Å²) in [7, 11) is 0. The Morgan fingerprint density at radius 2 is 1.62 bits per heavy atom. The van der Waals surface area contributed by atoms with Crippen LogP contribution in [-0.4, -0.2) is 16.0 Å². The van der Waals surface area contributed by atoms with Gasteiger partial charge in [0.1, 0.15) is 17.3 Å². The molecule has 5 nitrogen and oxygen atoms in total. The Hall–Kier alpha value is -3.93. The van der Waals surface area contributed by atoms with Gasteiger partial charge in [-0.25, -0.2) is 9.37 Å². The lowest BCUT2D eigenvalue weighted by molar-refractivity contribution is -0.115. The van der Waals surface area contributed by atoms with E-state index in [9.17, 15) is 14.3 Å². The Balaban J connectivity index is 1.65. The Morgan fingerprint density at radius 3 is 2.28 bits per heavy atom. The maximum absolute atomic E-state index is 13.2. The molecule has 1 amide bonds. The number of carbonyl (C=O) groups is 1. The molecular formula is C23H17FN2O3. The number of rotatable bonds is 5. The highest BCUT2D eigenvalue weighted by Crippen LogP contribution is 2.33. The molecule has 6 heteroatoms. The minimum atomic E-state index is -0.569. The van der Waals surface area contributed by atoms with Gasteiger partial charge in [0, 0.05) is 22.8 Å². The largest absolute Gasteiger partial charge is 0.508 e. The zero-order valence-electron chi connectivity index (χ0n) is 15.3. The fourth-order valence-electron chi connectivity index (χ4n) is 2.93. The van der Waals surface area contributed by atoms with Crippen molar-refractivity contribution in [3.63, 3.8) is 0 Å². The monoisotopic (exact) mass is 388 g/mol. The number of phenols is 1. The molecule has 29 heavy (non-hydrogen) atoms. The Kier molecular flexibility index (Phi) is 5.07. The highest BCUT2D eigenvalue weighted by atomic mass is 19.1. The topological polar surface area (TPSA) is 75.4 Å². The molecule has 0 saturated heterocycles. The molecule has 0 aliphatic carbocycles. The molecule has 0 aliphatic heterocycles. The van der Waals surface area contributed by atoms with Gasteiger partial charge in [0.15, 0.2) is 0 Å². The maximum Gasteiger partial charge on any atom is 0.231 e. The van der Waals surface area contributed by atoms with E-state index < -0.39 is 11.7 Å². The number of amides is 1. The summed E-state index contributed by atoms with van der Waals surface area (Å²) >= 11 is 0. The van der Waals surface area contributed by atoms with Crippen LogP contribution in [0.3, 0.4) is 0 Å². The maximum atomic E-state index is 13.2. The van der Waals surface area contributed by atoms with Crippen LogP contribution < -0.4 is 5.32 Å². The summed E-state index contributed by atoms with van der Waals surface area (Å²) in [6.45, 7) is 0. The number of oxazole rings is 1. The molecule has 0 bridgehead atoms. The minimum Gasteiger partial charge on any atom is -0.508 e. The quantitative estimate of drug-likeness (QED) is 0.503. The zero-order chi connectivity index (χ0) is 20.2. The summed E-state index contributed by atoms with van der Waals surface area (Å²) in [5, 5.41) is 12.6. The van der Waals surface area contributed by atoms with E-state index in [-0.39, 0.29) is 18.1 Å². The van der Waals surface area contributed by atoms with Gasteiger partial charge in [-0.1, -0.05) is 54.6 Å². The summed E-state index contributed by atoms with van der Waals surface area (Å²) in [6, 6.07) is 22.3. The first kappa shape index (κ1) is 18.4. The van der Waals surface area contributed by atoms with Crippen LogP contribution in [0.4, 0.5) is 10.3 Å². The summed E-state index contributed by atoms with van der Waals surface area (Å²) in [5.41, 5.74) is 2.38. The third-order valence-corrected chi connectivity index (χ3v) is 4.35. The van der Waals surface area contributed by atoms with E-state index >= 15 is 0 Å². The molecule has 1 aromatic heterocycles. The SMILES string of the molecule is O=C(Cc1ccc(F)cc1O)Nc1oc(-c2ccccc2)nc1-c1ccccc1. The number of carbonyl (C=O) groups excluding carboxylic acids is 1. The van der Waals surface area contributed by atoms with Crippen molar-refractivity contribution in [2.75, 3.05) is 5.32 Å². The number of hydrogen-bond donors (Lipinski definition) is 2. The fraction of sp³-hybridized carbons (Fsp3) is 0.0435. The number of aromatic nitrogens is 1. The van der Waals surface area contributed by atoms with Gasteiger partial charge < -0.3 is 9.52 Å². The minimum absolute atomic E-state index is 0.137. The second-order valence-electron chi connectivity index (χ2n) is 6.43. The lowest BCUT2D eigenvalue weighted by Crippen LogP contribution is -2.14. The first-order chi connectivity index (χ1) is 14.1. The lowest BCUT2D eigenvalue weighted by atomic mass is 10.1. The van der Waals surface area contributed by atoms with Gasteiger partial charge in [-0.3, -0.25) is 10.1 Å². The molecule has 1 heterocycles. The first-order valence-electron chi connectivity index (χ1n) is 8.99. The average molecular weight is 388 g/mol. The Morgan fingerprint density at radius 1 is 0.966 bits per heavy atom. The third-order valence-electron chi connectivity index (χ3n) is 4.35. The van der Waals surface area contributed by atoms with Crippen molar-refractivity contribution in [2.45, 2.75) is 6.42 Å². The molecule has 144 valence electrons. The van der Waals surface area contributed by atoms with Gasteiger partial charge >= 0.3 is 0 Å². The van der Waals surface area contributed by atoms with Gasteiger partial charge in [0.05, 0.1) is 6.42 Å². The van der Waals surface area contributed by atoms with Crippen LogP contribution >= 0.6 is 0 Å². The number of aromatic hydroxyl groups is 1. The Labute approximate surface area is 166 Å². The number of benzene rings is 3. The van der Waals surface area contributed by atoms with Gasteiger partial charge in [-0.2, -0.15) is 0 Å². The normalized spacial score (nSPS) is 10.7. The number of halogens is 1. The predicted molar refractivity (Wildman–Crippen MR) is 108 cm³/mol. The summed E-state index contributed by atoms with van der Waals surface area (Å²) in [6.07, 6.45) is -0.137. The van der Waals surface area contributed by atoms with Crippen molar-refractivity contribution in [2.24, 2.45) is 0 Å². The van der Waals surface area contributed by atoms with Crippen molar-refractivity contribution >= 4 is 11.8 Å². The lowest BCUT2D eigenvalue weighted by Gasteiger charge is -2.06. The van der Waals surface area contributed by atoms with E-state index in [0.717, 1.165) is 17.2 Å². The Bertz CT molecular complexity index is 1140. The molecule has 0 atom stereocenters. The third kappa shape index (κ3) is 4.16. The summed E-state index contributed by atoms with van der Waals surface area (Å²) in [5.74, 6) is -0.669. The van der Waals surface area contributed by atoms with E-state index in [1.54, 1.807) is 0 Å². The molecular weight excluding hydrogens is 371 g/mol. The highest BCUT2D eigenvalue weighted by molar-refractivity contribution is 5.94. The fourth-order valence-corrected chi connectivity index (χ4v) is 2.93. The van der Waals surface area contributed by atoms with E-state index in [2.05, 4.69) is 10.3 Å². The number of nitrogens with one attached hydrogen (secondary N) is 1. The van der Waals surface area contributed by atoms with Gasteiger partial charge in [-0.15, -0.1) is 0 Å². The van der Waals surface area contributed by atoms with Crippen LogP contribution in [0.25, 0.3) is 22.7 Å². The molecule has 0 spiro atoms. The van der Waals surface area contributed by atoms with Crippen molar-refractivity contribution in [3.05, 3.63) is 90.2 Å². The van der Waals surface area contributed by atoms with Crippen LogP contribution in [0.1, 0.15) is 5.56 Å². The van der Waals surface area contributed by atoms with Crippen LogP contribution in [0.5, 0.6) is 5.75 Å².